The van der Waals surface area contributed by atoms with Gasteiger partial charge in [0.2, 0.25) is 0 Å². The fraction of sp³-hybridized carbons (Fsp3) is 0.105. The highest BCUT2D eigenvalue weighted by atomic mass is 35.5. The predicted molar refractivity (Wildman–Crippen MR) is 90.8 cm³/mol. The minimum atomic E-state index is -0.115. The third kappa shape index (κ3) is 2.16. The molecule has 0 heterocycles. The molecule has 0 radical (unpaired) electrons. The van der Waals surface area contributed by atoms with Crippen molar-refractivity contribution in [1.82, 2.24) is 0 Å². The van der Waals surface area contributed by atoms with Crippen LogP contribution in [0.15, 0.2) is 54.6 Å². The Balaban J connectivity index is 1.73. The van der Waals surface area contributed by atoms with E-state index in [1.165, 1.54) is 16.5 Å². The van der Waals surface area contributed by atoms with Gasteiger partial charge in [-0.3, -0.25) is 4.79 Å². The summed E-state index contributed by atoms with van der Waals surface area (Å²) in [7, 11) is 0. The molecule has 1 N–H and O–H groups in total. The van der Waals surface area contributed by atoms with E-state index in [0.717, 1.165) is 23.9 Å². The maximum Gasteiger partial charge on any atom is 0.255 e. The molecule has 0 saturated carbocycles. The molecule has 1 amide bonds. The molecule has 1 aliphatic carbocycles. The summed E-state index contributed by atoms with van der Waals surface area (Å²) in [6.45, 7) is 0. The molecule has 3 heteroatoms. The van der Waals surface area contributed by atoms with Crippen LogP contribution in [0, 0.1) is 0 Å². The Morgan fingerprint density at radius 1 is 0.909 bits per heavy atom. The first-order valence-electron chi connectivity index (χ1n) is 7.33. The molecule has 0 saturated heterocycles. The van der Waals surface area contributed by atoms with Gasteiger partial charge in [-0.05, 0) is 59.7 Å². The van der Waals surface area contributed by atoms with Crippen molar-refractivity contribution in [3.63, 3.8) is 0 Å². The molecule has 0 spiro atoms. The lowest BCUT2D eigenvalue weighted by Crippen LogP contribution is -2.12. The molecule has 108 valence electrons. The summed E-state index contributed by atoms with van der Waals surface area (Å²) >= 11 is 5.86. The molecule has 1 aliphatic rings. The molecule has 0 fully saturated rings. The van der Waals surface area contributed by atoms with E-state index in [1.54, 1.807) is 24.3 Å². The fourth-order valence-electron chi connectivity index (χ4n) is 3.15. The number of rotatable bonds is 2. The molecular formula is C19H14ClNO. The minimum Gasteiger partial charge on any atom is -0.321 e. The van der Waals surface area contributed by atoms with Gasteiger partial charge in [0, 0.05) is 21.7 Å². The summed E-state index contributed by atoms with van der Waals surface area (Å²) in [6, 6.07) is 17.3. The van der Waals surface area contributed by atoms with E-state index < -0.39 is 0 Å². The molecule has 3 aromatic carbocycles. The van der Waals surface area contributed by atoms with Crippen molar-refractivity contribution in [2.75, 3.05) is 5.32 Å². The summed E-state index contributed by atoms with van der Waals surface area (Å²) < 4.78 is 0. The van der Waals surface area contributed by atoms with Gasteiger partial charge in [0.15, 0.2) is 0 Å². The third-order valence-corrected chi connectivity index (χ3v) is 4.48. The zero-order chi connectivity index (χ0) is 15.1. The van der Waals surface area contributed by atoms with Crippen LogP contribution in [0.5, 0.6) is 0 Å². The first kappa shape index (κ1) is 13.4. The van der Waals surface area contributed by atoms with E-state index in [-0.39, 0.29) is 5.91 Å². The maximum absolute atomic E-state index is 12.4. The lowest BCUT2D eigenvalue weighted by atomic mass is 10.0. The molecular weight excluding hydrogens is 294 g/mol. The van der Waals surface area contributed by atoms with Crippen LogP contribution >= 0.6 is 11.6 Å². The standard InChI is InChI=1S/C19H14ClNO/c20-15-9-6-14(7-10-15)19(22)21-17-11-8-13-5-4-12-2-1-3-16(17)18(12)13/h1-3,6-11H,4-5H2,(H,21,22). The molecule has 22 heavy (non-hydrogen) atoms. The topological polar surface area (TPSA) is 29.1 Å². The van der Waals surface area contributed by atoms with Gasteiger partial charge in [0.05, 0.1) is 0 Å². The Bertz CT molecular complexity index is 874. The van der Waals surface area contributed by atoms with Crippen LogP contribution in [0.3, 0.4) is 0 Å². The molecule has 4 rings (SSSR count). The van der Waals surface area contributed by atoms with Gasteiger partial charge in [-0.1, -0.05) is 35.9 Å². The van der Waals surface area contributed by atoms with E-state index in [9.17, 15) is 4.79 Å². The van der Waals surface area contributed by atoms with Gasteiger partial charge in [0.1, 0.15) is 0 Å². The van der Waals surface area contributed by atoms with Gasteiger partial charge < -0.3 is 5.32 Å². The SMILES string of the molecule is O=C(Nc1ccc2c3c(cccc13)CC2)c1ccc(Cl)cc1. The Morgan fingerprint density at radius 3 is 2.41 bits per heavy atom. The Kier molecular flexibility index (Phi) is 3.12. The average molecular weight is 308 g/mol. The van der Waals surface area contributed by atoms with Crippen LogP contribution in [0.4, 0.5) is 5.69 Å². The van der Waals surface area contributed by atoms with Crippen LogP contribution in [-0.2, 0) is 12.8 Å². The average Bonchev–Trinajstić information content (AvgIpc) is 2.95. The molecule has 3 aromatic rings. The van der Waals surface area contributed by atoms with Crippen molar-refractivity contribution in [2.45, 2.75) is 12.8 Å². The lowest BCUT2D eigenvalue weighted by molar-refractivity contribution is 0.102. The molecule has 0 unspecified atom stereocenters. The second kappa shape index (κ2) is 5.15. The van der Waals surface area contributed by atoms with Crippen molar-refractivity contribution in [3.05, 3.63) is 76.3 Å². The van der Waals surface area contributed by atoms with Crippen molar-refractivity contribution in [2.24, 2.45) is 0 Å². The number of amides is 1. The zero-order valence-corrected chi connectivity index (χ0v) is 12.7. The van der Waals surface area contributed by atoms with Gasteiger partial charge in [-0.2, -0.15) is 0 Å². The monoisotopic (exact) mass is 307 g/mol. The third-order valence-electron chi connectivity index (χ3n) is 4.23. The maximum atomic E-state index is 12.4. The number of carbonyl (C=O) groups is 1. The minimum absolute atomic E-state index is 0.115. The van der Waals surface area contributed by atoms with E-state index in [0.29, 0.717) is 10.6 Å². The lowest BCUT2D eigenvalue weighted by Gasteiger charge is -2.10. The number of anilines is 1. The Labute approximate surface area is 133 Å². The fourth-order valence-corrected chi connectivity index (χ4v) is 3.28. The van der Waals surface area contributed by atoms with Crippen LogP contribution in [0.25, 0.3) is 10.8 Å². The first-order valence-corrected chi connectivity index (χ1v) is 7.70. The van der Waals surface area contributed by atoms with Crippen LogP contribution < -0.4 is 5.32 Å². The van der Waals surface area contributed by atoms with Gasteiger partial charge in [-0.15, -0.1) is 0 Å². The highest BCUT2D eigenvalue weighted by Crippen LogP contribution is 2.35. The summed E-state index contributed by atoms with van der Waals surface area (Å²) in [5, 5.41) is 6.07. The second-order valence-corrected chi connectivity index (χ2v) is 6.01. The smallest absolute Gasteiger partial charge is 0.255 e. The molecule has 0 atom stereocenters. The Morgan fingerprint density at radius 2 is 1.64 bits per heavy atom. The quantitative estimate of drug-likeness (QED) is 0.721. The highest BCUT2D eigenvalue weighted by Gasteiger charge is 2.16. The van der Waals surface area contributed by atoms with Gasteiger partial charge >= 0.3 is 0 Å². The summed E-state index contributed by atoms with van der Waals surface area (Å²) in [5.41, 5.74) is 4.21. The molecule has 0 aliphatic heterocycles. The number of hydrogen-bond donors (Lipinski definition) is 1. The highest BCUT2D eigenvalue weighted by molar-refractivity contribution is 6.30. The first-order chi connectivity index (χ1) is 10.7. The van der Waals surface area contributed by atoms with Gasteiger partial charge in [0.25, 0.3) is 5.91 Å². The number of halogens is 1. The van der Waals surface area contributed by atoms with E-state index in [2.05, 4.69) is 29.6 Å². The van der Waals surface area contributed by atoms with Crippen molar-refractivity contribution >= 4 is 34.0 Å². The normalized spacial score (nSPS) is 12.6. The van der Waals surface area contributed by atoms with Crippen LogP contribution in [-0.4, -0.2) is 5.91 Å². The summed E-state index contributed by atoms with van der Waals surface area (Å²) in [5.74, 6) is -0.115. The van der Waals surface area contributed by atoms with Crippen molar-refractivity contribution in [1.29, 1.82) is 0 Å². The molecule has 0 aromatic heterocycles. The van der Waals surface area contributed by atoms with E-state index in [4.69, 9.17) is 11.6 Å². The largest absolute Gasteiger partial charge is 0.321 e. The molecule has 0 bridgehead atoms. The van der Waals surface area contributed by atoms with Crippen molar-refractivity contribution in [3.8, 4) is 0 Å². The zero-order valence-electron chi connectivity index (χ0n) is 11.9. The number of aryl methyl sites for hydroxylation is 2. The van der Waals surface area contributed by atoms with Crippen LogP contribution in [0.1, 0.15) is 21.5 Å². The number of hydrogen-bond acceptors (Lipinski definition) is 1. The predicted octanol–water partition coefficient (Wildman–Crippen LogP) is 4.84. The Hall–Kier alpha value is -2.32. The second-order valence-electron chi connectivity index (χ2n) is 5.57. The number of benzene rings is 3. The van der Waals surface area contributed by atoms with Crippen molar-refractivity contribution < 1.29 is 4.79 Å². The van der Waals surface area contributed by atoms with E-state index in [1.807, 2.05) is 6.07 Å². The number of carbonyl (C=O) groups excluding carboxylic acids is 1. The number of nitrogens with one attached hydrogen (secondary N) is 1. The summed E-state index contributed by atoms with van der Waals surface area (Å²) in [4.78, 5) is 12.4. The van der Waals surface area contributed by atoms with Crippen LogP contribution in [0.2, 0.25) is 5.02 Å². The molecule has 2 nitrogen and oxygen atoms in total. The summed E-state index contributed by atoms with van der Waals surface area (Å²) in [6.07, 6.45) is 2.17. The van der Waals surface area contributed by atoms with E-state index >= 15 is 0 Å². The van der Waals surface area contributed by atoms with Gasteiger partial charge in [-0.25, -0.2) is 0 Å².